The average Bonchev–Trinajstić information content (AvgIpc) is 2.98. The minimum absolute atomic E-state index is 0.0988. The van der Waals surface area contributed by atoms with Gasteiger partial charge in [0.2, 0.25) is 0 Å². The highest BCUT2D eigenvalue weighted by molar-refractivity contribution is 5.69. The second kappa shape index (κ2) is 35.3. The fourth-order valence-electron chi connectivity index (χ4n) is 5.30. The van der Waals surface area contributed by atoms with Crippen LogP contribution in [0.3, 0.4) is 0 Å². The Bertz CT molecular complexity index is 533. The fraction of sp³-hybridized carbons (Fsp3) is 0.919. The molecule has 0 aromatic heterocycles. The number of esters is 1. The molecule has 0 aromatic carbocycles. The molecule has 0 saturated heterocycles. The summed E-state index contributed by atoms with van der Waals surface area (Å²) >= 11 is 0. The zero-order chi connectivity index (χ0) is 29.9. The lowest BCUT2D eigenvalue weighted by Crippen LogP contribution is -2.26. The lowest BCUT2D eigenvalue weighted by atomic mass is 10.0. The molecule has 0 aromatic rings. The van der Waals surface area contributed by atoms with Gasteiger partial charge in [0.25, 0.3) is 0 Å². The molecule has 0 saturated carbocycles. The fourth-order valence-corrected chi connectivity index (χ4v) is 5.30. The standard InChI is InChI=1S/C37H72O4/c1-3-5-7-9-11-13-15-17-18-19-21-23-25-27-29-31-33-40-36(34-38)35-41-37(39)32-30-28-26-24-22-20-16-14-12-10-8-6-4-2/h17-18,36,38H,3-16,19-35H2,1-2H3/b18-17-. The van der Waals surface area contributed by atoms with E-state index >= 15 is 0 Å². The van der Waals surface area contributed by atoms with Gasteiger partial charge in [0.15, 0.2) is 0 Å². The Labute approximate surface area is 256 Å². The number of unbranched alkanes of at least 4 members (excludes halogenated alkanes) is 24. The summed E-state index contributed by atoms with van der Waals surface area (Å²) in [5, 5.41) is 9.55. The van der Waals surface area contributed by atoms with E-state index in [1.165, 1.54) is 148 Å². The highest BCUT2D eigenvalue weighted by atomic mass is 16.6. The summed E-state index contributed by atoms with van der Waals surface area (Å²) in [5.74, 6) is -0.160. The van der Waals surface area contributed by atoms with E-state index in [4.69, 9.17) is 9.47 Å². The summed E-state index contributed by atoms with van der Waals surface area (Å²) in [6, 6.07) is 0. The van der Waals surface area contributed by atoms with Gasteiger partial charge in [-0.3, -0.25) is 4.79 Å². The monoisotopic (exact) mass is 581 g/mol. The maximum Gasteiger partial charge on any atom is 0.305 e. The molecule has 0 aliphatic rings. The van der Waals surface area contributed by atoms with E-state index in [1.807, 2.05) is 0 Å². The van der Waals surface area contributed by atoms with Crippen LogP contribution >= 0.6 is 0 Å². The van der Waals surface area contributed by atoms with E-state index in [0.717, 1.165) is 25.7 Å². The van der Waals surface area contributed by atoms with Crippen LogP contribution in [0.2, 0.25) is 0 Å². The van der Waals surface area contributed by atoms with Gasteiger partial charge in [0.05, 0.1) is 6.61 Å². The lowest BCUT2D eigenvalue weighted by Gasteiger charge is -2.15. The number of aliphatic hydroxyl groups excluding tert-OH is 1. The molecule has 0 aliphatic carbocycles. The maximum absolute atomic E-state index is 12.0. The number of hydrogen-bond acceptors (Lipinski definition) is 4. The first-order valence-corrected chi connectivity index (χ1v) is 18.3. The van der Waals surface area contributed by atoms with E-state index in [2.05, 4.69) is 26.0 Å². The summed E-state index contributed by atoms with van der Waals surface area (Å²) < 4.78 is 11.1. The smallest absolute Gasteiger partial charge is 0.305 e. The Morgan fingerprint density at radius 3 is 1.39 bits per heavy atom. The normalized spacial score (nSPS) is 12.4. The molecule has 0 rings (SSSR count). The lowest BCUT2D eigenvalue weighted by molar-refractivity contribution is -0.149. The first-order valence-electron chi connectivity index (χ1n) is 18.3. The van der Waals surface area contributed by atoms with Gasteiger partial charge in [-0.25, -0.2) is 0 Å². The zero-order valence-corrected chi connectivity index (χ0v) is 27.8. The molecule has 41 heavy (non-hydrogen) atoms. The van der Waals surface area contributed by atoms with Crippen molar-refractivity contribution in [3.63, 3.8) is 0 Å². The van der Waals surface area contributed by atoms with Gasteiger partial charge in [0.1, 0.15) is 12.7 Å². The van der Waals surface area contributed by atoms with Crippen LogP contribution in [0.25, 0.3) is 0 Å². The van der Waals surface area contributed by atoms with Crippen LogP contribution in [0.1, 0.15) is 194 Å². The Morgan fingerprint density at radius 2 is 0.951 bits per heavy atom. The minimum Gasteiger partial charge on any atom is -0.463 e. The topological polar surface area (TPSA) is 55.8 Å². The Balaban J connectivity index is 3.42. The van der Waals surface area contributed by atoms with Crippen molar-refractivity contribution >= 4 is 5.97 Å². The molecule has 1 unspecified atom stereocenters. The molecular formula is C37H72O4. The van der Waals surface area contributed by atoms with Gasteiger partial charge in [-0.05, 0) is 38.5 Å². The third kappa shape index (κ3) is 33.5. The first kappa shape index (κ1) is 40.1. The molecule has 1 N–H and O–H groups in total. The molecule has 0 amide bonds. The molecule has 4 nitrogen and oxygen atoms in total. The average molecular weight is 581 g/mol. The second-order valence-corrected chi connectivity index (χ2v) is 12.3. The van der Waals surface area contributed by atoms with Crippen molar-refractivity contribution in [1.82, 2.24) is 0 Å². The molecule has 244 valence electrons. The van der Waals surface area contributed by atoms with Crippen LogP contribution in [0.5, 0.6) is 0 Å². The van der Waals surface area contributed by atoms with Crippen LogP contribution in [0, 0.1) is 0 Å². The third-order valence-corrected chi connectivity index (χ3v) is 8.13. The molecule has 0 aliphatic heterocycles. The summed E-state index contributed by atoms with van der Waals surface area (Å²) in [6.45, 7) is 5.24. The number of rotatable bonds is 34. The number of allylic oxidation sites excluding steroid dienone is 2. The molecule has 0 spiro atoms. The third-order valence-electron chi connectivity index (χ3n) is 8.13. The molecule has 4 heteroatoms. The van der Waals surface area contributed by atoms with Crippen LogP contribution < -0.4 is 0 Å². The number of aliphatic hydroxyl groups is 1. The molecular weight excluding hydrogens is 508 g/mol. The number of hydrogen-bond donors (Lipinski definition) is 1. The molecule has 0 heterocycles. The number of carbonyl (C=O) groups excluding carboxylic acids is 1. The Kier molecular flexibility index (Phi) is 34.6. The highest BCUT2D eigenvalue weighted by Gasteiger charge is 2.11. The van der Waals surface area contributed by atoms with E-state index in [0.29, 0.717) is 13.0 Å². The minimum atomic E-state index is -0.395. The molecule has 1 atom stereocenters. The quantitative estimate of drug-likeness (QED) is 0.0467. The van der Waals surface area contributed by atoms with Crippen molar-refractivity contribution in [3.05, 3.63) is 12.2 Å². The maximum atomic E-state index is 12.0. The van der Waals surface area contributed by atoms with Crippen LogP contribution in [0.4, 0.5) is 0 Å². The van der Waals surface area contributed by atoms with Crippen molar-refractivity contribution in [2.24, 2.45) is 0 Å². The van der Waals surface area contributed by atoms with Crippen LogP contribution in [-0.2, 0) is 14.3 Å². The van der Waals surface area contributed by atoms with Gasteiger partial charge in [0, 0.05) is 13.0 Å². The zero-order valence-electron chi connectivity index (χ0n) is 27.8. The van der Waals surface area contributed by atoms with Gasteiger partial charge >= 0.3 is 5.97 Å². The van der Waals surface area contributed by atoms with Crippen molar-refractivity contribution in [2.75, 3.05) is 19.8 Å². The van der Waals surface area contributed by atoms with Gasteiger partial charge in [-0.1, -0.05) is 161 Å². The number of carbonyl (C=O) groups is 1. The second-order valence-electron chi connectivity index (χ2n) is 12.3. The van der Waals surface area contributed by atoms with E-state index in [1.54, 1.807) is 0 Å². The van der Waals surface area contributed by atoms with Crippen molar-refractivity contribution < 1.29 is 19.4 Å². The Morgan fingerprint density at radius 1 is 0.561 bits per heavy atom. The summed E-state index contributed by atoms with van der Waals surface area (Å²) in [4.78, 5) is 12.0. The van der Waals surface area contributed by atoms with E-state index in [-0.39, 0.29) is 19.2 Å². The molecule has 0 bridgehead atoms. The largest absolute Gasteiger partial charge is 0.463 e. The first-order chi connectivity index (χ1) is 20.2. The predicted octanol–water partition coefficient (Wildman–Crippen LogP) is 11.4. The summed E-state index contributed by atoms with van der Waals surface area (Å²) in [5.41, 5.74) is 0. The molecule has 0 radical (unpaired) electrons. The molecule has 0 fully saturated rings. The van der Waals surface area contributed by atoms with Crippen molar-refractivity contribution in [2.45, 2.75) is 200 Å². The number of ether oxygens (including phenoxy) is 2. The Hall–Kier alpha value is -0.870. The van der Waals surface area contributed by atoms with E-state index < -0.39 is 6.10 Å². The van der Waals surface area contributed by atoms with Gasteiger partial charge < -0.3 is 14.6 Å². The van der Waals surface area contributed by atoms with Crippen molar-refractivity contribution in [1.29, 1.82) is 0 Å². The van der Waals surface area contributed by atoms with Crippen LogP contribution in [-0.4, -0.2) is 37.0 Å². The van der Waals surface area contributed by atoms with E-state index in [9.17, 15) is 9.90 Å². The van der Waals surface area contributed by atoms with Crippen LogP contribution in [0.15, 0.2) is 12.2 Å². The SMILES string of the molecule is CCCCCCCC/C=C\CCCCCCCCOC(CO)COC(=O)CCCCCCCCCCCCCCC. The van der Waals surface area contributed by atoms with Gasteiger partial charge in [-0.2, -0.15) is 0 Å². The highest BCUT2D eigenvalue weighted by Crippen LogP contribution is 2.14. The van der Waals surface area contributed by atoms with Crippen molar-refractivity contribution in [3.8, 4) is 0 Å². The van der Waals surface area contributed by atoms with Gasteiger partial charge in [-0.15, -0.1) is 0 Å². The summed E-state index contributed by atoms with van der Waals surface area (Å²) in [6.07, 6.45) is 39.7. The summed E-state index contributed by atoms with van der Waals surface area (Å²) in [7, 11) is 0. The predicted molar refractivity (Wildman–Crippen MR) is 178 cm³/mol.